The van der Waals surface area contributed by atoms with Crippen molar-refractivity contribution in [2.75, 3.05) is 20.8 Å². The third-order valence-corrected chi connectivity index (χ3v) is 7.08. The number of rotatable bonds is 10. The SMILES string of the molecule is COc1ccc(Sc2nccn(-c3ccc(OCC4(OP(=O)(O)O)CC(F)(F)C4)c(OC)c3)c2=O)cc1. The first-order valence-corrected chi connectivity index (χ1v) is 13.1. The van der Waals surface area contributed by atoms with Gasteiger partial charge in [-0.05, 0) is 36.4 Å². The Morgan fingerprint density at radius 1 is 1.08 bits per heavy atom. The Labute approximate surface area is 214 Å². The monoisotopic (exact) mass is 556 g/mol. The fourth-order valence-electron chi connectivity index (χ4n) is 3.89. The Bertz CT molecular complexity index is 1370. The molecule has 0 aliphatic heterocycles. The van der Waals surface area contributed by atoms with Gasteiger partial charge in [0.15, 0.2) is 16.5 Å². The van der Waals surface area contributed by atoms with Gasteiger partial charge in [0.25, 0.3) is 11.5 Å². The summed E-state index contributed by atoms with van der Waals surface area (Å²) in [6.07, 6.45) is 1.16. The topological polar surface area (TPSA) is 129 Å². The van der Waals surface area contributed by atoms with Crippen molar-refractivity contribution in [2.24, 2.45) is 0 Å². The summed E-state index contributed by atoms with van der Waals surface area (Å²) < 4.78 is 60.3. The van der Waals surface area contributed by atoms with Gasteiger partial charge in [0, 0.05) is 36.2 Å². The van der Waals surface area contributed by atoms with Crippen molar-refractivity contribution < 1.29 is 41.9 Å². The second-order valence-corrected chi connectivity index (χ2v) is 10.5. The average molecular weight is 556 g/mol. The molecule has 0 bridgehead atoms. The van der Waals surface area contributed by atoms with Crippen molar-refractivity contribution >= 4 is 19.6 Å². The summed E-state index contributed by atoms with van der Waals surface area (Å²) in [5.41, 5.74) is -1.81. The lowest BCUT2D eigenvalue weighted by atomic mass is 9.77. The van der Waals surface area contributed by atoms with E-state index in [2.05, 4.69) is 9.51 Å². The second kappa shape index (κ2) is 10.4. The van der Waals surface area contributed by atoms with E-state index in [9.17, 15) is 18.1 Å². The Hall–Kier alpha value is -2.96. The normalized spacial score (nSPS) is 16.1. The molecule has 1 fully saturated rings. The van der Waals surface area contributed by atoms with E-state index in [0.717, 1.165) is 4.90 Å². The molecule has 2 N–H and O–H groups in total. The minimum Gasteiger partial charge on any atom is -0.497 e. The number of methoxy groups -OCH3 is 2. The molecule has 14 heteroatoms. The molecule has 37 heavy (non-hydrogen) atoms. The van der Waals surface area contributed by atoms with Crippen molar-refractivity contribution in [3.05, 3.63) is 65.2 Å². The average Bonchev–Trinajstić information content (AvgIpc) is 2.82. The molecule has 1 saturated carbocycles. The number of halogens is 2. The molecule has 4 rings (SSSR count). The standard InChI is InChI=1S/C23H23F2N2O8PS/c1-32-16-4-6-17(7-5-16)37-20-21(28)27(10-9-26-20)15-3-8-18(19(11-15)33-2)34-14-22(35-36(29,30)31)12-23(24,25)13-22/h3-11H,12-14H2,1-2H3,(H2,29,30,31). The molecule has 0 unspecified atom stereocenters. The van der Waals surface area contributed by atoms with Crippen LogP contribution < -0.4 is 19.8 Å². The molecule has 1 heterocycles. The molecule has 0 atom stereocenters. The Morgan fingerprint density at radius 3 is 2.38 bits per heavy atom. The van der Waals surface area contributed by atoms with E-state index in [1.807, 2.05) is 0 Å². The summed E-state index contributed by atoms with van der Waals surface area (Å²) in [6.45, 7) is -0.540. The number of hydrogen-bond donors (Lipinski definition) is 2. The molecule has 198 valence electrons. The van der Waals surface area contributed by atoms with E-state index in [4.69, 9.17) is 24.0 Å². The van der Waals surface area contributed by atoms with Gasteiger partial charge in [-0.25, -0.2) is 18.3 Å². The molecule has 2 aromatic carbocycles. The third-order valence-electron chi connectivity index (χ3n) is 5.47. The summed E-state index contributed by atoms with van der Waals surface area (Å²) in [4.78, 5) is 36.3. The summed E-state index contributed by atoms with van der Waals surface area (Å²) >= 11 is 1.18. The Balaban J connectivity index is 1.54. The summed E-state index contributed by atoms with van der Waals surface area (Å²) in [5, 5.41) is 0.231. The van der Waals surface area contributed by atoms with E-state index in [-0.39, 0.29) is 22.1 Å². The van der Waals surface area contributed by atoms with E-state index in [1.54, 1.807) is 37.4 Å². The maximum absolute atomic E-state index is 13.5. The highest BCUT2D eigenvalue weighted by Crippen LogP contribution is 2.55. The number of phosphoric acid groups is 1. The Kier molecular flexibility index (Phi) is 7.63. The smallest absolute Gasteiger partial charge is 0.470 e. The van der Waals surface area contributed by atoms with Gasteiger partial charge < -0.3 is 24.0 Å². The first kappa shape index (κ1) is 27.1. The van der Waals surface area contributed by atoms with Gasteiger partial charge in [-0.1, -0.05) is 11.8 Å². The van der Waals surface area contributed by atoms with Crippen LogP contribution in [-0.2, 0) is 9.09 Å². The van der Waals surface area contributed by atoms with Crippen LogP contribution in [0.3, 0.4) is 0 Å². The fourth-order valence-corrected chi connectivity index (χ4v) is 5.37. The summed E-state index contributed by atoms with van der Waals surface area (Å²) in [5.74, 6) is -2.15. The fraction of sp³-hybridized carbons (Fsp3) is 0.304. The van der Waals surface area contributed by atoms with Gasteiger partial charge in [-0.2, -0.15) is 0 Å². The zero-order chi connectivity index (χ0) is 26.8. The van der Waals surface area contributed by atoms with E-state index in [1.165, 1.54) is 48.0 Å². The van der Waals surface area contributed by atoms with Gasteiger partial charge >= 0.3 is 7.82 Å². The van der Waals surface area contributed by atoms with Crippen LogP contribution in [0.15, 0.2) is 69.6 Å². The number of phosphoric ester groups is 1. The summed E-state index contributed by atoms with van der Waals surface area (Å²) in [6, 6.07) is 11.7. The summed E-state index contributed by atoms with van der Waals surface area (Å²) in [7, 11) is -2.12. The number of ether oxygens (including phenoxy) is 3. The van der Waals surface area contributed by atoms with Crippen LogP contribution in [-0.4, -0.2) is 51.7 Å². The molecular weight excluding hydrogens is 533 g/mol. The lowest BCUT2D eigenvalue weighted by Crippen LogP contribution is -2.56. The van der Waals surface area contributed by atoms with Gasteiger partial charge in [0.05, 0.1) is 19.9 Å². The van der Waals surface area contributed by atoms with Crippen LogP contribution >= 0.6 is 19.6 Å². The maximum Gasteiger partial charge on any atom is 0.470 e. The van der Waals surface area contributed by atoms with Crippen molar-refractivity contribution in [1.29, 1.82) is 0 Å². The van der Waals surface area contributed by atoms with E-state index < -0.39 is 38.8 Å². The van der Waals surface area contributed by atoms with Crippen LogP contribution in [0.4, 0.5) is 8.78 Å². The number of alkyl halides is 2. The highest BCUT2D eigenvalue weighted by molar-refractivity contribution is 7.99. The number of benzene rings is 2. The van der Waals surface area contributed by atoms with Gasteiger partial charge in [0.1, 0.15) is 18.0 Å². The Morgan fingerprint density at radius 2 is 1.78 bits per heavy atom. The largest absolute Gasteiger partial charge is 0.497 e. The molecular formula is C23H23F2N2O8PS. The molecule has 1 aliphatic rings. The van der Waals surface area contributed by atoms with Crippen molar-refractivity contribution in [3.63, 3.8) is 0 Å². The van der Waals surface area contributed by atoms with Gasteiger partial charge in [0.2, 0.25) is 0 Å². The maximum atomic E-state index is 13.5. The molecule has 0 saturated heterocycles. The number of nitrogens with zero attached hydrogens (tertiary/aromatic N) is 2. The van der Waals surface area contributed by atoms with E-state index >= 15 is 0 Å². The quantitative estimate of drug-likeness (QED) is 0.353. The zero-order valence-corrected chi connectivity index (χ0v) is 21.4. The molecule has 1 aliphatic carbocycles. The van der Waals surface area contributed by atoms with Crippen molar-refractivity contribution in [2.45, 2.75) is 34.3 Å². The minimum atomic E-state index is -5.03. The highest BCUT2D eigenvalue weighted by atomic mass is 32.2. The second-order valence-electron chi connectivity index (χ2n) is 8.28. The van der Waals surface area contributed by atoms with Gasteiger partial charge in [-0.15, -0.1) is 0 Å². The highest BCUT2D eigenvalue weighted by Gasteiger charge is 2.60. The third kappa shape index (κ3) is 6.49. The van der Waals surface area contributed by atoms with Crippen molar-refractivity contribution in [3.8, 4) is 22.9 Å². The number of hydrogen-bond acceptors (Lipinski definition) is 8. The van der Waals surface area contributed by atoms with Gasteiger partial charge in [-0.3, -0.25) is 13.9 Å². The minimum absolute atomic E-state index is 0.116. The molecule has 0 amide bonds. The van der Waals surface area contributed by atoms with Crippen LogP contribution in [0.2, 0.25) is 0 Å². The van der Waals surface area contributed by atoms with Crippen molar-refractivity contribution in [1.82, 2.24) is 9.55 Å². The zero-order valence-electron chi connectivity index (χ0n) is 19.7. The molecule has 0 spiro atoms. The first-order chi connectivity index (χ1) is 17.4. The van der Waals surface area contributed by atoms with Crippen LogP contribution in [0.25, 0.3) is 5.69 Å². The predicted molar refractivity (Wildman–Crippen MR) is 129 cm³/mol. The van der Waals surface area contributed by atoms with Crippen LogP contribution in [0.5, 0.6) is 17.2 Å². The molecule has 10 nitrogen and oxygen atoms in total. The molecule has 3 aromatic rings. The van der Waals surface area contributed by atoms with E-state index in [0.29, 0.717) is 11.4 Å². The lowest BCUT2D eigenvalue weighted by Gasteiger charge is -2.45. The lowest BCUT2D eigenvalue weighted by molar-refractivity contribution is -0.207. The first-order valence-electron chi connectivity index (χ1n) is 10.8. The van der Waals surface area contributed by atoms with Crippen LogP contribution in [0, 0.1) is 0 Å². The predicted octanol–water partition coefficient (Wildman–Crippen LogP) is 4.06. The molecule has 1 aromatic heterocycles. The number of aromatic nitrogens is 2. The molecule has 0 radical (unpaired) electrons. The van der Waals surface area contributed by atoms with Crippen LogP contribution in [0.1, 0.15) is 12.8 Å².